The Morgan fingerprint density at radius 3 is 2.70 bits per heavy atom. The number of benzene rings is 1. The van der Waals surface area contributed by atoms with Gasteiger partial charge in [0.25, 0.3) is 0 Å². The van der Waals surface area contributed by atoms with Crippen LogP contribution in [0.5, 0.6) is 0 Å². The number of carboxylic acid groups (broad SMARTS) is 1. The van der Waals surface area contributed by atoms with Crippen LogP contribution in [0, 0.1) is 11.8 Å². The molecule has 2 bridgehead atoms. The third-order valence-electron chi connectivity index (χ3n) is 7.19. The van der Waals surface area contributed by atoms with Crippen LogP contribution in [-0.2, 0) is 27.3 Å². The lowest BCUT2D eigenvalue weighted by atomic mass is 9.90. The molecule has 2 atom stereocenters. The molecule has 7 heteroatoms. The van der Waals surface area contributed by atoms with Crippen molar-refractivity contribution in [2.45, 2.75) is 76.8 Å². The van der Waals surface area contributed by atoms with Gasteiger partial charge in [0.2, 0.25) is 11.8 Å². The number of para-hydroxylation sites is 1. The minimum atomic E-state index is -0.973. The number of fused-ring (bicyclic) bond motifs is 5. The van der Waals surface area contributed by atoms with Gasteiger partial charge in [-0.15, -0.1) is 0 Å². The van der Waals surface area contributed by atoms with Gasteiger partial charge in [-0.1, -0.05) is 43.9 Å². The van der Waals surface area contributed by atoms with Gasteiger partial charge >= 0.3 is 5.97 Å². The summed E-state index contributed by atoms with van der Waals surface area (Å²) in [5.41, 5.74) is 2.17. The fourth-order valence-corrected chi connectivity index (χ4v) is 5.45. The average molecular weight is 454 g/mol. The summed E-state index contributed by atoms with van der Waals surface area (Å²) >= 11 is 0. The van der Waals surface area contributed by atoms with E-state index in [2.05, 4.69) is 33.5 Å². The van der Waals surface area contributed by atoms with Crippen molar-refractivity contribution < 1.29 is 19.5 Å². The molecular formula is C26H35N3O4. The molecule has 178 valence electrons. The van der Waals surface area contributed by atoms with Crippen LogP contribution in [0.1, 0.15) is 63.4 Å². The van der Waals surface area contributed by atoms with Gasteiger partial charge in [-0.05, 0) is 43.2 Å². The molecule has 1 aliphatic carbocycles. The van der Waals surface area contributed by atoms with Gasteiger partial charge in [0, 0.05) is 42.5 Å². The van der Waals surface area contributed by atoms with E-state index in [1.165, 1.54) is 0 Å². The third-order valence-corrected chi connectivity index (χ3v) is 7.19. The number of carboxylic acids is 1. The first kappa shape index (κ1) is 23.3. The van der Waals surface area contributed by atoms with Crippen LogP contribution in [0.3, 0.4) is 0 Å². The first-order valence-corrected chi connectivity index (χ1v) is 12.4. The van der Waals surface area contributed by atoms with Gasteiger partial charge in [0.05, 0.1) is 6.42 Å². The van der Waals surface area contributed by atoms with Crippen molar-refractivity contribution in [3.63, 3.8) is 0 Å². The highest BCUT2D eigenvalue weighted by Gasteiger charge is 2.31. The predicted octanol–water partition coefficient (Wildman–Crippen LogP) is 3.64. The third kappa shape index (κ3) is 5.95. The molecule has 2 amide bonds. The van der Waals surface area contributed by atoms with Crippen LogP contribution in [0.25, 0.3) is 10.9 Å². The van der Waals surface area contributed by atoms with E-state index in [4.69, 9.17) is 0 Å². The van der Waals surface area contributed by atoms with Gasteiger partial charge < -0.3 is 20.3 Å². The number of aliphatic carboxylic acids is 1. The highest BCUT2D eigenvalue weighted by atomic mass is 16.4. The number of amides is 2. The number of carbonyl (C=O) groups is 3. The molecule has 1 fully saturated rings. The molecule has 0 radical (unpaired) electrons. The summed E-state index contributed by atoms with van der Waals surface area (Å²) < 4.78 is 2.25. The quantitative estimate of drug-likeness (QED) is 0.622. The van der Waals surface area contributed by atoms with Crippen molar-refractivity contribution in [2.24, 2.45) is 11.8 Å². The fraction of sp³-hybridized carbons (Fsp3) is 0.577. The molecule has 1 saturated carbocycles. The van der Waals surface area contributed by atoms with Crippen molar-refractivity contribution in [1.29, 1.82) is 0 Å². The van der Waals surface area contributed by atoms with E-state index in [0.717, 1.165) is 68.0 Å². The molecule has 7 nitrogen and oxygen atoms in total. The molecule has 33 heavy (non-hydrogen) atoms. The van der Waals surface area contributed by atoms with Gasteiger partial charge in [-0.25, -0.2) is 0 Å². The molecule has 2 aliphatic rings. The number of aromatic nitrogens is 1. The van der Waals surface area contributed by atoms with Gasteiger partial charge in [-0.3, -0.25) is 14.4 Å². The van der Waals surface area contributed by atoms with E-state index in [1.807, 2.05) is 12.1 Å². The Balaban J connectivity index is 1.57. The Morgan fingerprint density at radius 1 is 1.12 bits per heavy atom. The lowest BCUT2D eigenvalue weighted by Gasteiger charge is -2.23. The Bertz CT molecular complexity index is 993. The van der Waals surface area contributed by atoms with Crippen LogP contribution >= 0.6 is 0 Å². The van der Waals surface area contributed by atoms with Crippen molar-refractivity contribution in [2.75, 3.05) is 6.54 Å². The standard InChI is InChI=1S/C26H35N3O4/c30-24(31)16-19(14-18-8-2-3-9-18)25(32)28-22-15-20-17-29(23-11-5-4-10-21(20)23)13-7-1-6-12-27-26(22)33/h4-5,10-11,17-19,22H,1-3,6-9,12-16H2,(H,27,33)(H,28,32)(H,30,31). The Kier molecular flexibility index (Phi) is 7.68. The van der Waals surface area contributed by atoms with Crippen LogP contribution in [0.2, 0.25) is 0 Å². The molecule has 4 rings (SSSR count). The zero-order chi connectivity index (χ0) is 23.2. The highest BCUT2D eigenvalue weighted by molar-refractivity contribution is 5.91. The molecule has 2 aromatic rings. The van der Waals surface area contributed by atoms with E-state index >= 15 is 0 Å². The minimum Gasteiger partial charge on any atom is -0.481 e. The average Bonchev–Trinajstić information content (AvgIpc) is 3.42. The van der Waals surface area contributed by atoms with Gasteiger partial charge in [0.15, 0.2) is 0 Å². The number of rotatable bonds is 6. The Hall–Kier alpha value is -2.83. The maximum atomic E-state index is 13.2. The first-order chi connectivity index (χ1) is 16.0. The molecule has 0 spiro atoms. The van der Waals surface area contributed by atoms with E-state index in [9.17, 15) is 19.5 Å². The summed E-state index contributed by atoms with van der Waals surface area (Å²) in [6.07, 6.45) is 10.2. The smallest absolute Gasteiger partial charge is 0.304 e. The monoisotopic (exact) mass is 453 g/mol. The van der Waals surface area contributed by atoms with E-state index in [0.29, 0.717) is 25.3 Å². The molecule has 2 heterocycles. The number of aryl methyl sites for hydroxylation is 1. The van der Waals surface area contributed by atoms with E-state index in [1.54, 1.807) is 0 Å². The second kappa shape index (κ2) is 10.9. The minimum absolute atomic E-state index is 0.198. The SMILES string of the molecule is O=C(O)CC(CC1CCCC1)C(=O)NC1Cc2cn(c3ccccc23)CCCCCNC1=O. The zero-order valence-electron chi connectivity index (χ0n) is 19.2. The maximum Gasteiger partial charge on any atom is 0.304 e. The van der Waals surface area contributed by atoms with E-state index < -0.39 is 17.9 Å². The molecule has 2 unspecified atom stereocenters. The van der Waals surface area contributed by atoms with Gasteiger partial charge in [-0.2, -0.15) is 0 Å². The molecule has 0 saturated heterocycles. The molecule has 3 N–H and O–H groups in total. The Morgan fingerprint density at radius 2 is 1.91 bits per heavy atom. The predicted molar refractivity (Wildman–Crippen MR) is 127 cm³/mol. The number of hydrogen-bond donors (Lipinski definition) is 3. The summed E-state index contributed by atoms with van der Waals surface area (Å²) in [6, 6.07) is 7.44. The van der Waals surface area contributed by atoms with Crippen LogP contribution in [0.15, 0.2) is 30.5 Å². The number of nitrogens with zero attached hydrogens (tertiary/aromatic N) is 1. The normalized spacial score (nSPS) is 21.1. The van der Waals surface area contributed by atoms with Crippen molar-refractivity contribution >= 4 is 28.7 Å². The van der Waals surface area contributed by atoms with Crippen LogP contribution in [0.4, 0.5) is 0 Å². The second-order valence-corrected chi connectivity index (χ2v) is 9.66. The topological polar surface area (TPSA) is 100 Å². The summed E-state index contributed by atoms with van der Waals surface area (Å²) in [5.74, 6) is -1.71. The summed E-state index contributed by atoms with van der Waals surface area (Å²) in [7, 11) is 0. The fourth-order valence-electron chi connectivity index (χ4n) is 5.45. The number of carbonyl (C=O) groups excluding carboxylic acids is 2. The van der Waals surface area contributed by atoms with Crippen LogP contribution in [-0.4, -0.2) is 40.0 Å². The zero-order valence-corrected chi connectivity index (χ0v) is 19.2. The summed E-state index contributed by atoms with van der Waals surface area (Å²) in [4.78, 5) is 37.7. The number of hydrogen-bond acceptors (Lipinski definition) is 3. The summed E-state index contributed by atoms with van der Waals surface area (Å²) in [6.45, 7) is 1.51. The second-order valence-electron chi connectivity index (χ2n) is 9.66. The largest absolute Gasteiger partial charge is 0.481 e. The van der Waals surface area contributed by atoms with Gasteiger partial charge in [0.1, 0.15) is 6.04 Å². The molecule has 1 aliphatic heterocycles. The highest BCUT2D eigenvalue weighted by Crippen LogP contribution is 2.31. The number of nitrogens with one attached hydrogen (secondary N) is 2. The first-order valence-electron chi connectivity index (χ1n) is 12.4. The van der Waals surface area contributed by atoms with Crippen molar-refractivity contribution in [1.82, 2.24) is 15.2 Å². The summed E-state index contributed by atoms with van der Waals surface area (Å²) in [5, 5.41) is 16.4. The molecule has 1 aromatic carbocycles. The van der Waals surface area contributed by atoms with Crippen molar-refractivity contribution in [3.8, 4) is 0 Å². The van der Waals surface area contributed by atoms with Crippen LogP contribution < -0.4 is 10.6 Å². The lowest BCUT2D eigenvalue weighted by molar-refractivity contribution is -0.142. The van der Waals surface area contributed by atoms with E-state index in [-0.39, 0.29) is 18.2 Å². The molecular weight excluding hydrogens is 418 g/mol. The molecule has 1 aromatic heterocycles. The van der Waals surface area contributed by atoms with Crippen molar-refractivity contribution in [3.05, 3.63) is 36.0 Å². The Labute approximate surface area is 194 Å². The maximum absolute atomic E-state index is 13.2. The lowest BCUT2D eigenvalue weighted by Crippen LogP contribution is -2.50.